The summed E-state index contributed by atoms with van der Waals surface area (Å²) in [6.07, 6.45) is 3.79. The molecule has 0 saturated carbocycles. The van der Waals surface area contributed by atoms with E-state index >= 15 is 0 Å². The second-order valence-electron chi connectivity index (χ2n) is 7.80. The van der Waals surface area contributed by atoms with Crippen molar-refractivity contribution in [1.82, 2.24) is 9.47 Å². The molecule has 31 heavy (non-hydrogen) atoms. The van der Waals surface area contributed by atoms with Crippen molar-refractivity contribution in [3.63, 3.8) is 0 Å². The number of rotatable bonds is 5. The first kappa shape index (κ1) is 22.5. The highest BCUT2D eigenvalue weighted by molar-refractivity contribution is 9.10. The zero-order chi connectivity index (χ0) is 22.3. The van der Waals surface area contributed by atoms with Crippen molar-refractivity contribution >= 4 is 79.0 Å². The van der Waals surface area contributed by atoms with Crippen LogP contribution in [0, 0.1) is 5.92 Å². The number of hydrogen-bond acceptors (Lipinski definition) is 3. The van der Waals surface area contributed by atoms with Crippen LogP contribution in [0.5, 0.6) is 0 Å². The number of nitrogens with zero attached hydrogens (tertiary/aromatic N) is 2. The van der Waals surface area contributed by atoms with Crippen LogP contribution >= 0.6 is 50.9 Å². The normalized spacial score (nSPS) is 15.8. The average molecular weight is 538 g/mol. The van der Waals surface area contributed by atoms with E-state index in [1.807, 2.05) is 50.4 Å². The summed E-state index contributed by atoms with van der Waals surface area (Å²) < 4.78 is 3.02. The van der Waals surface area contributed by atoms with Crippen molar-refractivity contribution in [1.29, 1.82) is 0 Å². The maximum atomic E-state index is 12.8. The van der Waals surface area contributed by atoms with Gasteiger partial charge in [0.25, 0.3) is 11.1 Å². The van der Waals surface area contributed by atoms with Gasteiger partial charge in [-0.25, -0.2) is 0 Å². The maximum absolute atomic E-state index is 12.8. The molecule has 1 fully saturated rings. The first-order valence-corrected chi connectivity index (χ1v) is 12.1. The Morgan fingerprint density at radius 3 is 2.61 bits per heavy atom. The Labute approximate surface area is 203 Å². The van der Waals surface area contributed by atoms with E-state index in [0.29, 0.717) is 28.0 Å². The Hall–Kier alpha value is -1.73. The van der Waals surface area contributed by atoms with Crippen molar-refractivity contribution < 1.29 is 9.59 Å². The Morgan fingerprint density at radius 1 is 1.13 bits per heavy atom. The van der Waals surface area contributed by atoms with Crippen molar-refractivity contribution in [2.45, 2.75) is 20.4 Å². The van der Waals surface area contributed by atoms with Crippen molar-refractivity contribution in [2.24, 2.45) is 5.92 Å². The molecule has 3 aromatic rings. The van der Waals surface area contributed by atoms with Gasteiger partial charge >= 0.3 is 0 Å². The highest BCUT2D eigenvalue weighted by atomic mass is 79.9. The van der Waals surface area contributed by atoms with Gasteiger partial charge in [-0.05, 0) is 59.7 Å². The molecule has 1 aliphatic rings. The van der Waals surface area contributed by atoms with Crippen molar-refractivity contribution in [2.75, 3.05) is 6.54 Å². The van der Waals surface area contributed by atoms with Gasteiger partial charge in [0.05, 0.1) is 4.91 Å². The monoisotopic (exact) mass is 536 g/mol. The largest absolute Gasteiger partial charge is 0.342 e. The summed E-state index contributed by atoms with van der Waals surface area (Å²) in [6, 6.07) is 11.5. The number of carbonyl (C=O) groups excluding carboxylic acids is 2. The van der Waals surface area contributed by atoms with E-state index in [2.05, 4.69) is 20.5 Å². The molecular formula is C23H19BrCl2N2O2S. The lowest BCUT2D eigenvalue weighted by Gasteiger charge is -2.14. The zero-order valence-corrected chi connectivity index (χ0v) is 20.8. The second-order valence-corrected chi connectivity index (χ2v) is 10.5. The molecule has 0 radical (unpaired) electrons. The van der Waals surface area contributed by atoms with E-state index < -0.39 is 0 Å². The quantitative estimate of drug-likeness (QED) is 0.317. The van der Waals surface area contributed by atoms with Crippen LogP contribution in [0.1, 0.15) is 25.0 Å². The van der Waals surface area contributed by atoms with E-state index in [1.165, 1.54) is 4.90 Å². The van der Waals surface area contributed by atoms with Crippen LogP contribution in [-0.2, 0) is 11.3 Å². The predicted octanol–water partition coefficient (Wildman–Crippen LogP) is 7.45. The Kier molecular flexibility index (Phi) is 6.54. The molecular weight excluding hydrogens is 519 g/mol. The molecule has 0 spiro atoms. The second kappa shape index (κ2) is 9.02. The minimum absolute atomic E-state index is 0.217. The number of thioether (sulfide) groups is 1. The molecule has 0 atom stereocenters. The minimum Gasteiger partial charge on any atom is -0.342 e. The Bertz CT molecular complexity index is 1240. The number of carbonyl (C=O) groups is 2. The van der Waals surface area contributed by atoms with Crippen LogP contribution in [-0.4, -0.2) is 27.2 Å². The van der Waals surface area contributed by atoms with E-state index in [4.69, 9.17) is 23.2 Å². The Balaban J connectivity index is 1.75. The van der Waals surface area contributed by atoms with Crippen LogP contribution in [0.3, 0.4) is 0 Å². The van der Waals surface area contributed by atoms with Crippen molar-refractivity contribution in [3.8, 4) is 0 Å². The molecule has 0 N–H and O–H groups in total. The average Bonchev–Trinajstić information content (AvgIpc) is 3.15. The van der Waals surface area contributed by atoms with Gasteiger partial charge in [-0.15, -0.1) is 0 Å². The number of amides is 2. The first-order chi connectivity index (χ1) is 14.7. The molecule has 1 aromatic heterocycles. The Morgan fingerprint density at radius 2 is 1.90 bits per heavy atom. The van der Waals surface area contributed by atoms with Crippen LogP contribution in [0.25, 0.3) is 17.0 Å². The lowest BCUT2D eigenvalue weighted by Crippen LogP contribution is -2.31. The van der Waals surface area contributed by atoms with Crippen molar-refractivity contribution in [3.05, 3.63) is 73.1 Å². The summed E-state index contributed by atoms with van der Waals surface area (Å²) >= 11 is 16.9. The zero-order valence-electron chi connectivity index (χ0n) is 16.9. The van der Waals surface area contributed by atoms with Gasteiger partial charge < -0.3 is 4.57 Å². The van der Waals surface area contributed by atoms with E-state index in [0.717, 1.165) is 38.3 Å². The number of benzene rings is 2. The van der Waals surface area contributed by atoms with Gasteiger partial charge in [-0.1, -0.05) is 59.0 Å². The van der Waals surface area contributed by atoms with Crippen LogP contribution in [0.2, 0.25) is 10.0 Å². The number of hydrogen-bond donors (Lipinski definition) is 0. The predicted molar refractivity (Wildman–Crippen MR) is 133 cm³/mol. The third-order valence-electron chi connectivity index (χ3n) is 4.94. The topological polar surface area (TPSA) is 42.3 Å². The fourth-order valence-corrected chi connectivity index (χ4v) is 5.21. The van der Waals surface area contributed by atoms with Gasteiger partial charge in [0.2, 0.25) is 0 Å². The number of imide groups is 1. The van der Waals surface area contributed by atoms with E-state index in [-0.39, 0.29) is 17.1 Å². The number of halogens is 3. The van der Waals surface area contributed by atoms with Gasteiger partial charge in [-0.2, -0.15) is 0 Å². The van der Waals surface area contributed by atoms with E-state index in [1.54, 1.807) is 12.1 Å². The fourth-order valence-electron chi connectivity index (χ4n) is 3.54. The fraction of sp³-hybridized carbons (Fsp3) is 0.217. The molecule has 2 heterocycles. The highest BCUT2D eigenvalue weighted by Crippen LogP contribution is 2.35. The molecule has 2 aromatic carbocycles. The van der Waals surface area contributed by atoms with Gasteiger partial charge in [-0.3, -0.25) is 14.5 Å². The molecule has 2 amide bonds. The van der Waals surface area contributed by atoms with Crippen LogP contribution in [0.15, 0.2) is 52.0 Å². The standard InChI is InChI=1S/C23H19BrCl2N2O2S/c1-13(2)10-28-22(29)21(31-23(28)30)7-15-12-27(20-6-4-16(24)8-18(15)20)11-14-3-5-17(25)9-19(14)26/h3-9,12-13H,10-11H2,1-2H3/b21-7-. The molecule has 1 saturated heterocycles. The maximum Gasteiger partial charge on any atom is 0.293 e. The van der Waals surface area contributed by atoms with E-state index in [9.17, 15) is 9.59 Å². The van der Waals surface area contributed by atoms with Gasteiger partial charge in [0.1, 0.15) is 0 Å². The molecule has 1 aliphatic heterocycles. The summed E-state index contributed by atoms with van der Waals surface area (Å²) in [7, 11) is 0. The third kappa shape index (κ3) is 4.72. The van der Waals surface area contributed by atoms with Crippen LogP contribution < -0.4 is 0 Å². The summed E-state index contributed by atoms with van der Waals surface area (Å²) in [4.78, 5) is 26.9. The molecule has 4 rings (SSSR count). The summed E-state index contributed by atoms with van der Waals surface area (Å²) in [5.74, 6) is -0.0183. The summed E-state index contributed by atoms with van der Waals surface area (Å²) in [6.45, 7) is 4.95. The molecule has 0 unspecified atom stereocenters. The lowest BCUT2D eigenvalue weighted by atomic mass is 10.1. The lowest BCUT2D eigenvalue weighted by molar-refractivity contribution is -0.123. The SMILES string of the molecule is CC(C)CN1C(=O)S/C(=C\c2cn(Cc3ccc(Cl)cc3Cl)c3ccc(Br)cc23)C1=O. The van der Waals surface area contributed by atoms with Gasteiger partial charge in [0.15, 0.2) is 0 Å². The first-order valence-electron chi connectivity index (χ1n) is 9.70. The smallest absolute Gasteiger partial charge is 0.293 e. The summed E-state index contributed by atoms with van der Waals surface area (Å²) in [5.41, 5.74) is 2.81. The molecule has 0 aliphatic carbocycles. The molecule has 0 bridgehead atoms. The van der Waals surface area contributed by atoms with Crippen LogP contribution in [0.4, 0.5) is 4.79 Å². The molecule has 4 nitrogen and oxygen atoms in total. The van der Waals surface area contributed by atoms with Gasteiger partial charge in [0, 0.05) is 50.3 Å². The third-order valence-corrected chi connectivity index (χ3v) is 6.93. The number of aromatic nitrogens is 1. The summed E-state index contributed by atoms with van der Waals surface area (Å²) in [5, 5.41) is 1.95. The highest BCUT2D eigenvalue weighted by Gasteiger charge is 2.35. The minimum atomic E-state index is -0.236. The molecule has 8 heteroatoms. The number of fused-ring (bicyclic) bond motifs is 1. The molecule has 160 valence electrons.